The lowest BCUT2D eigenvalue weighted by molar-refractivity contribution is -0.121. The maximum absolute atomic E-state index is 13.8. The van der Waals surface area contributed by atoms with Gasteiger partial charge in [-0.1, -0.05) is 11.6 Å². The number of hydrogen-bond acceptors (Lipinski definition) is 6. The fourth-order valence-corrected chi connectivity index (χ4v) is 3.84. The van der Waals surface area contributed by atoms with E-state index in [0.29, 0.717) is 23.9 Å². The molecule has 0 aliphatic carbocycles. The average Bonchev–Trinajstić information content (AvgIpc) is 3.11. The van der Waals surface area contributed by atoms with E-state index >= 15 is 0 Å². The van der Waals surface area contributed by atoms with Crippen molar-refractivity contribution < 1.29 is 13.9 Å². The molecule has 9 heteroatoms. The van der Waals surface area contributed by atoms with Gasteiger partial charge in [-0.15, -0.1) is 0 Å². The van der Waals surface area contributed by atoms with Gasteiger partial charge >= 0.3 is 0 Å². The van der Waals surface area contributed by atoms with E-state index in [1.54, 1.807) is 30.5 Å². The number of carbonyl (C=O) groups excluding carboxylic acids is 1. The number of anilines is 2. The van der Waals surface area contributed by atoms with Crippen molar-refractivity contribution >= 4 is 29.1 Å². The lowest BCUT2D eigenvalue weighted by Gasteiger charge is -2.37. The molecule has 28 heavy (non-hydrogen) atoms. The number of nitrogens with zero attached hydrogens (tertiary/aromatic N) is 5. The second-order valence-electron chi connectivity index (χ2n) is 6.84. The molecule has 2 aromatic rings. The first kappa shape index (κ1) is 18.9. The Labute approximate surface area is 167 Å². The Bertz CT molecular complexity index is 858. The van der Waals surface area contributed by atoms with Crippen LogP contribution in [0.15, 0.2) is 30.6 Å². The Morgan fingerprint density at radius 1 is 1.14 bits per heavy atom. The number of hydrogen-bond donors (Lipinski definition) is 0. The van der Waals surface area contributed by atoms with Crippen molar-refractivity contribution in [3.63, 3.8) is 0 Å². The second-order valence-corrected chi connectivity index (χ2v) is 7.25. The molecule has 3 heterocycles. The number of amides is 1. The molecule has 7 nitrogen and oxygen atoms in total. The van der Waals surface area contributed by atoms with Crippen LogP contribution in [0.4, 0.5) is 16.0 Å². The largest absolute Gasteiger partial charge is 0.494 e. The molecule has 1 aromatic carbocycles. The summed E-state index contributed by atoms with van der Waals surface area (Å²) >= 11 is 5.75. The van der Waals surface area contributed by atoms with Gasteiger partial charge in [0.25, 0.3) is 0 Å². The van der Waals surface area contributed by atoms with Crippen LogP contribution < -0.4 is 14.5 Å². The van der Waals surface area contributed by atoms with Crippen LogP contribution in [0.2, 0.25) is 5.02 Å². The van der Waals surface area contributed by atoms with Crippen molar-refractivity contribution in [2.75, 3.05) is 49.6 Å². The maximum atomic E-state index is 13.8. The number of halogens is 2. The molecule has 1 aromatic heterocycles. The first-order chi connectivity index (χ1) is 13.6. The van der Waals surface area contributed by atoms with Crippen molar-refractivity contribution in [1.82, 2.24) is 14.9 Å². The molecule has 2 aliphatic rings. The highest BCUT2D eigenvalue weighted by Gasteiger charge is 2.38. The summed E-state index contributed by atoms with van der Waals surface area (Å²) in [6, 6.07) is 4.31. The molecule has 4 rings (SSSR count). The van der Waals surface area contributed by atoms with Gasteiger partial charge in [0, 0.05) is 38.4 Å². The number of benzene rings is 1. The topological polar surface area (TPSA) is 61.8 Å². The Morgan fingerprint density at radius 3 is 2.50 bits per heavy atom. The third-order valence-corrected chi connectivity index (χ3v) is 5.59. The SMILES string of the molecule is COc1cnc(N2CCN(C3CCN(c4ccc(Cl)c(F)c4)C3=O)CC2)nc1. The molecule has 2 aliphatic heterocycles. The zero-order valence-electron chi connectivity index (χ0n) is 15.5. The molecule has 1 amide bonds. The van der Waals surface area contributed by atoms with Crippen molar-refractivity contribution in [2.24, 2.45) is 0 Å². The minimum atomic E-state index is -0.511. The normalized spacial score (nSPS) is 20.7. The number of piperazine rings is 1. The van der Waals surface area contributed by atoms with Crippen LogP contribution in [0.3, 0.4) is 0 Å². The van der Waals surface area contributed by atoms with E-state index < -0.39 is 5.82 Å². The molecule has 0 radical (unpaired) electrons. The number of carbonyl (C=O) groups is 1. The lowest BCUT2D eigenvalue weighted by Crippen LogP contribution is -2.53. The predicted octanol–water partition coefficient (Wildman–Crippen LogP) is 2.21. The van der Waals surface area contributed by atoms with Gasteiger partial charge in [-0.3, -0.25) is 9.69 Å². The van der Waals surface area contributed by atoms with E-state index in [9.17, 15) is 9.18 Å². The standard InChI is InChI=1S/C19H21ClFN5O2/c1-28-14-11-22-19(23-12-14)25-8-6-24(7-9-25)17-4-5-26(18(17)27)13-2-3-15(20)16(21)10-13/h2-3,10-12,17H,4-9H2,1H3. The van der Waals surface area contributed by atoms with E-state index in [0.717, 1.165) is 32.6 Å². The van der Waals surface area contributed by atoms with Gasteiger partial charge in [0.2, 0.25) is 11.9 Å². The van der Waals surface area contributed by atoms with Crippen LogP contribution in [0, 0.1) is 5.82 Å². The third-order valence-electron chi connectivity index (χ3n) is 5.28. The summed E-state index contributed by atoms with van der Waals surface area (Å²) in [5, 5.41) is 0.0591. The fourth-order valence-electron chi connectivity index (χ4n) is 3.72. The van der Waals surface area contributed by atoms with Crippen molar-refractivity contribution in [2.45, 2.75) is 12.5 Å². The number of aromatic nitrogens is 2. The summed E-state index contributed by atoms with van der Waals surface area (Å²) in [5.74, 6) is 0.786. The Balaban J connectivity index is 1.38. The zero-order valence-corrected chi connectivity index (χ0v) is 16.3. The smallest absolute Gasteiger partial charge is 0.244 e. The molecule has 0 bridgehead atoms. The van der Waals surface area contributed by atoms with Gasteiger partial charge in [-0.05, 0) is 24.6 Å². The van der Waals surface area contributed by atoms with Gasteiger partial charge in [-0.2, -0.15) is 0 Å². The molecule has 0 N–H and O–H groups in total. The van der Waals surface area contributed by atoms with Gasteiger partial charge in [0.15, 0.2) is 5.75 Å². The number of methoxy groups -OCH3 is 1. The molecule has 2 fully saturated rings. The minimum Gasteiger partial charge on any atom is -0.494 e. The number of rotatable bonds is 4. The monoisotopic (exact) mass is 405 g/mol. The highest BCUT2D eigenvalue weighted by Crippen LogP contribution is 2.28. The van der Waals surface area contributed by atoms with Gasteiger partial charge in [0.1, 0.15) is 5.82 Å². The zero-order chi connectivity index (χ0) is 19.7. The molecule has 1 atom stereocenters. The Hall–Kier alpha value is -2.45. The predicted molar refractivity (Wildman–Crippen MR) is 105 cm³/mol. The Kier molecular flexibility index (Phi) is 5.32. The number of ether oxygens (including phenoxy) is 1. The van der Waals surface area contributed by atoms with Crippen LogP contribution in [-0.2, 0) is 4.79 Å². The van der Waals surface area contributed by atoms with Crippen molar-refractivity contribution in [3.05, 3.63) is 41.4 Å². The summed E-state index contributed by atoms with van der Waals surface area (Å²) in [6.07, 6.45) is 4.03. The van der Waals surface area contributed by atoms with Crippen LogP contribution in [0.5, 0.6) is 5.75 Å². The van der Waals surface area contributed by atoms with Crippen molar-refractivity contribution in [3.8, 4) is 5.75 Å². The molecule has 0 spiro atoms. The van der Waals surface area contributed by atoms with Gasteiger partial charge in [0.05, 0.1) is 30.6 Å². The van der Waals surface area contributed by atoms with Crippen LogP contribution in [-0.4, -0.2) is 66.7 Å². The molecule has 2 saturated heterocycles. The molecule has 0 saturated carbocycles. The average molecular weight is 406 g/mol. The maximum Gasteiger partial charge on any atom is 0.244 e. The second kappa shape index (κ2) is 7.89. The minimum absolute atomic E-state index is 0.0101. The quantitative estimate of drug-likeness (QED) is 0.777. The van der Waals surface area contributed by atoms with Crippen LogP contribution >= 0.6 is 11.6 Å². The van der Waals surface area contributed by atoms with Crippen LogP contribution in [0.25, 0.3) is 0 Å². The molecular weight excluding hydrogens is 385 g/mol. The lowest BCUT2D eigenvalue weighted by atomic mass is 10.2. The first-order valence-electron chi connectivity index (χ1n) is 9.18. The summed E-state index contributed by atoms with van der Waals surface area (Å²) in [6.45, 7) is 3.55. The summed E-state index contributed by atoms with van der Waals surface area (Å²) in [7, 11) is 1.58. The van der Waals surface area contributed by atoms with E-state index in [1.165, 1.54) is 12.1 Å². The van der Waals surface area contributed by atoms with E-state index in [-0.39, 0.29) is 17.0 Å². The Morgan fingerprint density at radius 2 is 1.86 bits per heavy atom. The summed E-state index contributed by atoms with van der Waals surface area (Å²) < 4.78 is 18.8. The van der Waals surface area contributed by atoms with Gasteiger partial charge in [-0.25, -0.2) is 14.4 Å². The molecule has 1 unspecified atom stereocenters. The fraction of sp³-hybridized carbons (Fsp3) is 0.421. The van der Waals surface area contributed by atoms with E-state index in [4.69, 9.17) is 16.3 Å². The highest BCUT2D eigenvalue weighted by molar-refractivity contribution is 6.30. The van der Waals surface area contributed by atoms with Crippen molar-refractivity contribution in [1.29, 1.82) is 0 Å². The van der Waals surface area contributed by atoms with Gasteiger partial charge < -0.3 is 14.5 Å². The summed E-state index contributed by atoms with van der Waals surface area (Å²) in [4.78, 5) is 27.5. The highest BCUT2D eigenvalue weighted by atomic mass is 35.5. The van der Waals surface area contributed by atoms with Crippen LogP contribution in [0.1, 0.15) is 6.42 Å². The molecule has 148 valence electrons. The third kappa shape index (κ3) is 3.62. The molecular formula is C19H21ClFN5O2. The van der Waals surface area contributed by atoms with E-state index in [1.807, 2.05) is 0 Å². The summed E-state index contributed by atoms with van der Waals surface area (Å²) in [5.41, 5.74) is 0.555. The van der Waals surface area contributed by atoms with E-state index in [2.05, 4.69) is 19.8 Å². The first-order valence-corrected chi connectivity index (χ1v) is 9.56.